The first-order chi connectivity index (χ1) is 16.5. The molecule has 0 spiro atoms. The molecule has 6 nitrogen and oxygen atoms in total. The average molecular weight is 489 g/mol. The summed E-state index contributed by atoms with van der Waals surface area (Å²) in [6.45, 7) is 4.11. The van der Waals surface area contributed by atoms with Crippen LogP contribution in [-0.2, 0) is 6.54 Å². The van der Waals surface area contributed by atoms with Crippen LogP contribution >= 0.6 is 22.9 Å². The maximum atomic E-state index is 13.8. The van der Waals surface area contributed by atoms with Crippen LogP contribution in [0.1, 0.15) is 30.1 Å². The van der Waals surface area contributed by atoms with Crippen LogP contribution in [0, 0.1) is 0 Å². The number of hydrogen-bond acceptors (Lipinski definition) is 6. The highest BCUT2D eigenvalue weighted by atomic mass is 35.5. The summed E-state index contributed by atoms with van der Waals surface area (Å²) in [6, 6.07) is 20.7. The van der Waals surface area contributed by atoms with Gasteiger partial charge in [0, 0.05) is 11.4 Å². The second-order valence-electron chi connectivity index (χ2n) is 8.06. The standard InChI is InChI=1S/C26H21ClN4O2S/c1-16(2)31(15-24-29-30-25(33-24)18-9-3-5-10-20(18)27)26(32)19-14-22(23-12-7-13-34-23)28-21-11-6-4-8-17(19)21/h3-14,16H,15H2,1-2H3. The Bertz CT molecular complexity index is 1460. The first-order valence-electron chi connectivity index (χ1n) is 10.8. The van der Waals surface area contributed by atoms with E-state index in [9.17, 15) is 4.79 Å². The number of pyridine rings is 1. The zero-order chi connectivity index (χ0) is 23.7. The average Bonchev–Trinajstić information content (AvgIpc) is 3.54. The number of carbonyl (C=O) groups is 1. The molecule has 0 fully saturated rings. The van der Waals surface area contributed by atoms with E-state index in [0.717, 1.165) is 21.5 Å². The minimum atomic E-state index is -0.121. The Morgan fingerprint density at radius 1 is 1.06 bits per heavy atom. The molecule has 0 bridgehead atoms. The lowest BCUT2D eigenvalue weighted by Crippen LogP contribution is -2.36. The predicted octanol–water partition coefficient (Wildman–Crippen LogP) is 6.72. The van der Waals surface area contributed by atoms with Gasteiger partial charge in [0.25, 0.3) is 5.91 Å². The Kier molecular flexibility index (Phi) is 6.13. The van der Waals surface area contributed by atoms with E-state index in [0.29, 0.717) is 27.9 Å². The number of benzene rings is 2. The van der Waals surface area contributed by atoms with Crippen molar-refractivity contribution in [3.05, 3.63) is 88.6 Å². The summed E-state index contributed by atoms with van der Waals surface area (Å²) in [5.41, 5.74) is 2.80. The highest BCUT2D eigenvalue weighted by Crippen LogP contribution is 2.30. The number of halogens is 1. The molecule has 0 N–H and O–H groups in total. The van der Waals surface area contributed by atoms with Crippen molar-refractivity contribution in [1.29, 1.82) is 0 Å². The van der Waals surface area contributed by atoms with E-state index >= 15 is 0 Å². The molecule has 0 aliphatic heterocycles. The number of thiophene rings is 1. The van der Waals surface area contributed by atoms with E-state index in [1.165, 1.54) is 0 Å². The van der Waals surface area contributed by atoms with Gasteiger partial charge in [-0.25, -0.2) is 4.98 Å². The number of rotatable bonds is 6. The highest BCUT2D eigenvalue weighted by Gasteiger charge is 2.25. The fourth-order valence-electron chi connectivity index (χ4n) is 3.75. The van der Waals surface area contributed by atoms with Crippen LogP contribution in [0.3, 0.4) is 0 Å². The Labute approximate surface area is 205 Å². The largest absolute Gasteiger partial charge is 0.419 e. The molecular formula is C26H21ClN4O2S. The fourth-order valence-corrected chi connectivity index (χ4v) is 4.66. The van der Waals surface area contributed by atoms with Gasteiger partial charge in [0.15, 0.2) is 0 Å². The van der Waals surface area contributed by atoms with E-state index in [1.807, 2.05) is 79.9 Å². The Hall–Kier alpha value is -3.55. The van der Waals surface area contributed by atoms with Crippen LogP contribution in [-0.4, -0.2) is 32.0 Å². The van der Waals surface area contributed by atoms with Crippen molar-refractivity contribution in [1.82, 2.24) is 20.1 Å². The molecule has 1 amide bonds. The minimum absolute atomic E-state index is 0.0970. The normalized spacial score (nSPS) is 11.3. The van der Waals surface area contributed by atoms with Crippen molar-refractivity contribution in [2.45, 2.75) is 26.4 Å². The quantitative estimate of drug-likeness (QED) is 0.265. The van der Waals surface area contributed by atoms with E-state index < -0.39 is 0 Å². The van der Waals surface area contributed by atoms with Gasteiger partial charge in [0.05, 0.1) is 38.8 Å². The summed E-state index contributed by atoms with van der Waals surface area (Å²) in [4.78, 5) is 21.4. The molecule has 0 saturated carbocycles. The maximum Gasteiger partial charge on any atom is 0.255 e. The first kappa shape index (κ1) is 22.3. The summed E-state index contributed by atoms with van der Waals surface area (Å²) < 4.78 is 5.88. The number of carbonyl (C=O) groups excluding carboxylic acids is 1. The van der Waals surface area contributed by atoms with Crippen LogP contribution in [0.15, 0.2) is 76.5 Å². The second kappa shape index (κ2) is 9.37. The van der Waals surface area contributed by atoms with Crippen LogP contribution in [0.4, 0.5) is 0 Å². The van der Waals surface area contributed by atoms with Crippen LogP contribution < -0.4 is 0 Å². The molecule has 0 atom stereocenters. The summed E-state index contributed by atoms with van der Waals surface area (Å²) in [6.07, 6.45) is 0. The van der Waals surface area contributed by atoms with Crippen molar-refractivity contribution in [2.75, 3.05) is 0 Å². The number of hydrogen-bond donors (Lipinski definition) is 0. The number of aromatic nitrogens is 3. The van der Waals surface area contributed by atoms with Crippen molar-refractivity contribution in [3.8, 4) is 22.0 Å². The molecule has 34 heavy (non-hydrogen) atoms. The third-order valence-electron chi connectivity index (χ3n) is 5.48. The molecule has 5 aromatic rings. The predicted molar refractivity (Wildman–Crippen MR) is 135 cm³/mol. The molecule has 0 aliphatic carbocycles. The van der Waals surface area contributed by atoms with Crippen molar-refractivity contribution < 1.29 is 9.21 Å². The number of nitrogens with zero attached hydrogens (tertiary/aromatic N) is 4. The van der Waals surface area contributed by atoms with Gasteiger partial charge in [-0.3, -0.25) is 4.79 Å². The SMILES string of the molecule is CC(C)N(Cc1nnc(-c2ccccc2Cl)o1)C(=O)c1cc(-c2cccs2)nc2ccccc12. The van der Waals surface area contributed by atoms with E-state index in [-0.39, 0.29) is 18.5 Å². The van der Waals surface area contributed by atoms with Gasteiger partial charge in [-0.2, -0.15) is 0 Å². The lowest BCUT2D eigenvalue weighted by molar-refractivity contribution is 0.0674. The zero-order valence-corrected chi connectivity index (χ0v) is 20.2. The summed E-state index contributed by atoms with van der Waals surface area (Å²) >= 11 is 7.86. The van der Waals surface area contributed by atoms with Crippen LogP contribution in [0.5, 0.6) is 0 Å². The number of para-hydroxylation sites is 1. The number of fused-ring (bicyclic) bond motifs is 1. The topological polar surface area (TPSA) is 72.1 Å². The molecule has 2 aromatic carbocycles. The molecule has 8 heteroatoms. The number of amides is 1. The Morgan fingerprint density at radius 3 is 2.62 bits per heavy atom. The molecule has 0 aliphatic rings. The summed E-state index contributed by atoms with van der Waals surface area (Å²) in [5, 5.41) is 11.6. The fraction of sp³-hybridized carbons (Fsp3) is 0.154. The van der Waals surface area contributed by atoms with Crippen molar-refractivity contribution in [2.24, 2.45) is 0 Å². The molecule has 0 radical (unpaired) electrons. The lowest BCUT2D eigenvalue weighted by atomic mass is 10.0. The minimum Gasteiger partial charge on any atom is -0.419 e. The third kappa shape index (κ3) is 4.32. The highest BCUT2D eigenvalue weighted by molar-refractivity contribution is 7.13. The Morgan fingerprint density at radius 2 is 1.85 bits per heavy atom. The molecular weight excluding hydrogens is 468 g/mol. The summed E-state index contributed by atoms with van der Waals surface area (Å²) in [5.74, 6) is 0.545. The Balaban J connectivity index is 1.51. The molecule has 0 unspecified atom stereocenters. The van der Waals surface area contributed by atoms with Gasteiger partial charge in [-0.05, 0) is 49.6 Å². The van der Waals surface area contributed by atoms with Gasteiger partial charge in [-0.15, -0.1) is 21.5 Å². The first-order valence-corrected chi connectivity index (χ1v) is 12.1. The van der Waals surface area contributed by atoms with Crippen molar-refractivity contribution in [3.63, 3.8) is 0 Å². The zero-order valence-electron chi connectivity index (χ0n) is 18.6. The molecule has 170 valence electrons. The van der Waals surface area contributed by atoms with Gasteiger partial charge in [0.2, 0.25) is 11.8 Å². The molecule has 3 aromatic heterocycles. The lowest BCUT2D eigenvalue weighted by Gasteiger charge is -2.26. The third-order valence-corrected chi connectivity index (χ3v) is 6.70. The van der Waals surface area contributed by atoms with E-state index in [4.69, 9.17) is 21.0 Å². The van der Waals surface area contributed by atoms with Gasteiger partial charge in [0.1, 0.15) is 0 Å². The van der Waals surface area contributed by atoms with E-state index in [1.54, 1.807) is 22.3 Å². The van der Waals surface area contributed by atoms with Crippen LogP contribution in [0.25, 0.3) is 32.9 Å². The van der Waals surface area contributed by atoms with E-state index in [2.05, 4.69) is 10.2 Å². The van der Waals surface area contributed by atoms with Gasteiger partial charge >= 0.3 is 0 Å². The van der Waals surface area contributed by atoms with Crippen LogP contribution in [0.2, 0.25) is 5.02 Å². The molecule has 3 heterocycles. The molecule has 5 rings (SSSR count). The smallest absolute Gasteiger partial charge is 0.255 e. The van der Waals surface area contributed by atoms with Crippen molar-refractivity contribution >= 4 is 39.7 Å². The summed E-state index contributed by atoms with van der Waals surface area (Å²) in [7, 11) is 0. The monoisotopic (exact) mass is 488 g/mol. The molecule has 0 saturated heterocycles. The van der Waals surface area contributed by atoms with Gasteiger partial charge in [-0.1, -0.05) is 48.0 Å². The second-order valence-corrected chi connectivity index (χ2v) is 9.41. The maximum absolute atomic E-state index is 13.8. The van der Waals surface area contributed by atoms with Gasteiger partial charge < -0.3 is 9.32 Å².